The second kappa shape index (κ2) is 12.9. The lowest BCUT2D eigenvalue weighted by Crippen LogP contribution is -2.39. The third-order valence-electron chi connectivity index (χ3n) is 3.58. The van der Waals surface area contributed by atoms with Crippen LogP contribution in [0, 0.1) is 13.8 Å². The van der Waals surface area contributed by atoms with Gasteiger partial charge in [0.1, 0.15) is 18.5 Å². The molecule has 0 aliphatic carbocycles. The molecule has 1 unspecified atom stereocenters. The first kappa shape index (κ1) is 23.6. The van der Waals surface area contributed by atoms with Gasteiger partial charge in [-0.2, -0.15) is 0 Å². The predicted octanol–water partition coefficient (Wildman–Crippen LogP) is 2.92. The summed E-state index contributed by atoms with van der Waals surface area (Å²) in [5, 5.41) is 19.7. The van der Waals surface area contributed by atoms with Gasteiger partial charge < -0.3 is 20.5 Å². The molecule has 27 heavy (non-hydrogen) atoms. The van der Waals surface area contributed by atoms with Gasteiger partial charge in [-0.1, -0.05) is 12.1 Å². The van der Waals surface area contributed by atoms with Gasteiger partial charge in [0.15, 0.2) is 5.96 Å². The van der Waals surface area contributed by atoms with Crippen LogP contribution in [0.25, 0.3) is 0 Å². The number of thiazole rings is 1. The van der Waals surface area contributed by atoms with Crippen LogP contribution >= 0.6 is 35.3 Å². The minimum absolute atomic E-state index is 0. The highest BCUT2D eigenvalue weighted by Gasteiger charge is 2.06. The lowest BCUT2D eigenvalue weighted by molar-refractivity contribution is 0.114. The van der Waals surface area contributed by atoms with E-state index >= 15 is 0 Å². The summed E-state index contributed by atoms with van der Waals surface area (Å²) in [5.74, 6) is 1.45. The van der Waals surface area contributed by atoms with Gasteiger partial charge in [0, 0.05) is 24.9 Å². The number of nitrogens with zero attached hydrogens (tertiary/aromatic N) is 2. The smallest absolute Gasteiger partial charge is 0.191 e. The highest BCUT2D eigenvalue weighted by Crippen LogP contribution is 2.12. The van der Waals surface area contributed by atoms with Gasteiger partial charge in [0.25, 0.3) is 0 Å². The van der Waals surface area contributed by atoms with Gasteiger partial charge in [0.05, 0.1) is 17.2 Å². The van der Waals surface area contributed by atoms with Crippen LogP contribution in [-0.4, -0.2) is 48.4 Å². The Morgan fingerprint density at radius 2 is 2.15 bits per heavy atom. The van der Waals surface area contributed by atoms with Crippen molar-refractivity contribution in [1.82, 2.24) is 15.6 Å². The molecule has 2 rings (SSSR count). The number of aliphatic imine (C=N–C) groups is 1. The number of nitrogens with one attached hydrogen (secondary N) is 2. The molecule has 2 aromatic rings. The molecule has 0 aliphatic heterocycles. The zero-order valence-corrected chi connectivity index (χ0v) is 19.2. The summed E-state index contributed by atoms with van der Waals surface area (Å²) in [6.07, 6.45) is 0.181. The Morgan fingerprint density at radius 3 is 2.81 bits per heavy atom. The van der Waals surface area contributed by atoms with Crippen molar-refractivity contribution in [2.24, 2.45) is 4.99 Å². The third kappa shape index (κ3) is 9.39. The van der Waals surface area contributed by atoms with Crippen molar-refractivity contribution >= 4 is 41.3 Å². The molecule has 3 N–H and O–H groups in total. The molecule has 0 spiro atoms. The number of aliphatic hydroxyl groups is 1. The Bertz CT molecular complexity index is 709. The van der Waals surface area contributed by atoms with Gasteiger partial charge in [-0.15, -0.1) is 35.3 Å². The van der Waals surface area contributed by atoms with E-state index in [4.69, 9.17) is 4.74 Å². The maximum atomic E-state index is 10.1. The van der Waals surface area contributed by atoms with Crippen molar-refractivity contribution in [3.8, 4) is 5.75 Å². The number of ether oxygens (including phenoxy) is 1. The molecule has 0 aliphatic rings. The highest BCUT2D eigenvalue weighted by atomic mass is 127. The largest absolute Gasteiger partial charge is 0.491 e. The van der Waals surface area contributed by atoms with Gasteiger partial charge in [-0.05, 0) is 38.5 Å². The Morgan fingerprint density at radius 1 is 1.33 bits per heavy atom. The predicted molar refractivity (Wildman–Crippen MR) is 123 cm³/mol. The molecule has 0 saturated carbocycles. The van der Waals surface area contributed by atoms with Crippen molar-refractivity contribution in [3.05, 3.63) is 45.9 Å². The first-order chi connectivity index (χ1) is 12.6. The van der Waals surface area contributed by atoms with Crippen LogP contribution in [-0.2, 0) is 6.42 Å². The Kier molecular flexibility index (Phi) is 11.3. The molecular weight excluding hydrogens is 475 g/mol. The Hall–Kier alpha value is -1.39. The van der Waals surface area contributed by atoms with E-state index in [9.17, 15) is 5.11 Å². The minimum Gasteiger partial charge on any atom is -0.491 e. The van der Waals surface area contributed by atoms with E-state index in [0.717, 1.165) is 41.5 Å². The van der Waals surface area contributed by atoms with E-state index in [2.05, 4.69) is 26.0 Å². The van der Waals surface area contributed by atoms with Crippen LogP contribution in [0.15, 0.2) is 34.6 Å². The van der Waals surface area contributed by atoms with Crippen LogP contribution in [0.5, 0.6) is 5.75 Å². The second-order valence-corrected chi connectivity index (χ2v) is 7.10. The van der Waals surface area contributed by atoms with Crippen molar-refractivity contribution in [2.45, 2.75) is 33.3 Å². The van der Waals surface area contributed by atoms with Crippen molar-refractivity contribution in [1.29, 1.82) is 0 Å². The number of hydrogen-bond acceptors (Lipinski definition) is 5. The molecule has 1 aromatic heterocycles. The number of aromatic nitrogens is 1. The fourth-order valence-corrected chi connectivity index (χ4v) is 2.97. The van der Waals surface area contributed by atoms with Crippen LogP contribution in [0.1, 0.15) is 23.2 Å². The number of hydrogen-bond donors (Lipinski definition) is 3. The van der Waals surface area contributed by atoms with Gasteiger partial charge in [-0.3, -0.25) is 4.99 Å². The van der Waals surface area contributed by atoms with E-state index in [1.165, 1.54) is 0 Å². The van der Waals surface area contributed by atoms with Crippen molar-refractivity contribution in [2.75, 3.05) is 26.2 Å². The number of benzene rings is 1. The summed E-state index contributed by atoms with van der Waals surface area (Å²) < 4.78 is 5.61. The van der Waals surface area contributed by atoms with Crippen LogP contribution in [0.2, 0.25) is 0 Å². The van der Waals surface area contributed by atoms with Gasteiger partial charge in [0.2, 0.25) is 0 Å². The van der Waals surface area contributed by atoms with Crippen molar-refractivity contribution < 1.29 is 9.84 Å². The molecule has 1 atom stereocenters. The first-order valence-corrected chi connectivity index (χ1v) is 9.75. The van der Waals surface area contributed by atoms with E-state index in [-0.39, 0.29) is 37.1 Å². The van der Waals surface area contributed by atoms with Crippen LogP contribution in [0.4, 0.5) is 0 Å². The maximum absolute atomic E-state index is 10.1. The quantitative estimate of drug-likeness (QED) is 0.278. The lowest BCUT2D eigenvalue weighted by atomic mass is 10.2. The number of guanidine groups is 1. The Balaban J connectivity index is 0.00000364. The molecule has 0 radical (unpaired) electrons. The fourth-order valence-electron chi connectivity index (χ4n) is 2.32. The number of rotatable bonds is 9. The summed E-state index contributed by atoms with van der Waals surface area (Å²) >= 11 is 1.66. The molecule has 8 heteroatoms. The Labute approximate surface area is 182 Å². The first-order valence-electron chi connectivity index (χ1n) is 8.87. The molecule has 0 amide bonds. The minimum atomic E-state index is -0.660. The normalized spacial score (nSPS) is 12.2. The average Bonchev–Trinajstić information content (AvgIpc) is 3.03. The molecule has 1 aromatic carbocycles. The molecule has 150 valence electrons. The van der Waals surface area contributed by atoms with Gasteiger partial charge in [-0.25, -0.2) is 4.98 Å². The number of halogens is 1. The summed E-state index contributed by atoms with van der Waals surface area (Å²) in [7, 11) is 0. The van der Waals surface area contributed by atoms with Crippen molar-refractivity contribution in [3.63, 3.8) is 0 Å². The monoisotopic (exact) mass is 504 g/mol. The highest BCUT2D eigenvalue weighted by molar-refractivity contribution is 14.0. The third-order valence-corrected chi connectivity index (χ3v) is 4.40. The molecule has 0 bridgehead atoms. The van der Waals surface area contributed by atoms with E-state index in [0.29, 0.717) is 5.96 Å². The van der Waals surface area contributed by atoms with E-state index in [1.54, 1.807) is 11.3 Å². The summed E-state index contributed by atoms with van der Waals surface area (Å²) in [4.78, 5) is 8.87. The topological polar surface area (TPSA) is 78.8 Å². The van der Waals surface area contributed by atoms with Crippen LogP contribution < -0.4 is 15.4 Å². The summed E-state index contributed by atoms with van der Waals surface area (Å²) in [6, 6.07) is 7.78. The molecule has 0 saturated heterocycles. The van der Waals surface area contributed by atoms with Crippen LogP contribution in [0.3, 0.4) is 0 Å². The lowest BCUT2D eigenvalue weighted by Gasteiger charge is -2.14. The zero-order valence-electron chi connectivity index (χ0n) is 16.1. The molecular formula is C19H29IN4O2S. The summed E-state index contributed by atoms with van der Waals surface area (Å²) in [5.41, 5.74) is 2.21. The average molecular weight is 504 g/mol. The molecule has 0 fully saturated rings. The fraction of sp³-hybridized carbons (Fsp3) is 0.474. The number of aryl methyl sites for hydroxylation is 2. The number of aliphatic hydroxyl groups excluding tert-OH is 1. The SMILES string of the molecule is CCNC(=NCC(O)COc1cccc(C)c1)NCCc1csc(C)n1.I. The second-order valence-electron chi connectivity index (χ2n) is 6.04. The zero-order chi connectivity index (χ0) is 18.8. The maximum Gasteiger partial charge on any atom is 0.191 e. The molecule has 6 nitrogen and oxygen atoms in total. The molecule has 1 heterocycles. The van der Waals surface area contributed by atoms with E-state index in [1.807, 2.05) is 45.0 Å². The standard InChI is InChI=1S/C19H28N4O2S.HI/c1-4-20-19(21-9-8-16-13-26-15(3)23-16)22-11-17(24)12-25-18-7-5-6-14(2)10-18;/h5-7,10,13,17,24H,4,8-9,11-12H2,1-3H3,(H2,20,21,22);1H. The van der Waals surface area contributed by atoms with Gasteiger partial charge >= 0.3 is 0 Å². The van der Waals surface area contributed by atoms with E-state index < -0.39 is 6.10 Å². The summed E-state index contributed by atoms with van der Waals surface area (Å²) in [6.45, 7) is 8.02.